The van der Waals surface area contributed by atoms with E-state index in [9.17, 15) is 19.9 Å². The van der Waals surface area contributed by atoms with Gasteiger partial charge in [0.15, 0.2) is 6.23 Å². The van der Waals surface area contributed by atoms with Gasteiger partial charge < -0.3 is 35.2 Å². The third kappa shape index (κ3) is 4.43. The van der Waals surface area contributed by atoms with Crippen molar-refractivity contribution in [1.29, 1.82) is 0 Å². The largest absolute Gasteiger partial charge is 0.388 e. The van der Waals surface area contributed by atoms with E-state index >= 15 is 0 Å². The second kappa shape index (κ2) is 6.97. The summed E-state index contributed by atoms with van der Waals surface area (Å²) in [6.45, 7) is 0. The molecule has 10 nitrogen and oxygen atoms in total. The molecule has 0 amide bonds. The normalized spacial score (nSPS) is 32.7. The zero-order valence-corrected chi connectivity index (χ0v) is 12.3. The summed E-state index contributed by atoms with van der Waals surface area (Å²) in [5.41, 5.74) is 0. The summed E-state index contributed by atoms with van der Waals surface area (Å²) in [6.07, 6.45) is -4.47. The molecule has 0 spiro atoms. The standard InChI is InChI=1S/C11H18N3O7P/c15-8-6(2-4-22(18,19)20)21-11(10(17)9(8)16)14-7-1-3-12-5-13-7/h1,3,5-6,8-11,15-17H,2,4H2,(H,12,13,14)(H2,18,19,20)/t6-,8-,9+,10+,11?/m1/s1. The van der Waals surface area contributed by atoms with Crippen molar-refractivity contribution < 1.29 is 34.4 Å². The molecule has 5 atom stereocenters. The van der Waals surface area contributed by atoms with Crippen LogP contribution in [0.25, 0.3) is 0 Å². The lowest BCUT2D eigenvalue weighted by atomic mass is 9.96. The summed E-state index contributed by atoms with van der Waals surface area (Å²) in [6, 6.07) is 1.51. The van der Waals surface area contributed by atoms with Crippen LogP contribution in [0.1, 0.15) is 6.42 Å². The fraction of sp³-hybridized carbons (Fsp3) is 0.636. The summed E-state index contributed by atoms with van der Waals surface area (Å²) in [5.74, 6) is 0.330. The Balaban J connectivity index is 2.05. The Morgan fingerprint density at radius 1 is 1.23 bits per heavy atom. The van der Waals surface area contributed by atoms with Crippen LogP contribution in [-0.4, -0.2) is 71.9 Å². The number of anilines is 1. The summed E-state index contributed by atoms with van der Waals surface area (Å²) >= 11 is 0. The van der Waals surface area contributed by atoms with Gasteiger partial charge in [-0.3, -0.25) is 4.57 Å². The molecule has 0 bridgehead atoms. The first kappa shape index (κ1) is 17.2. The Morgan fingerprint density at radius 2 is 1.95 bits per heavy atom. The van der Waals surface area contributed by atoms with Crippen LogP contribution in [0.2, 0.25) is 0 Å². The van der Waals surface area contributed by atoms with E-state index in [1.807, 2.05) is 0 Å². The quantitative estimate of drug-likeness (QED) is 0.340. The van der Waals surface area contributed by atoms with Crippen molar-refractivity contribution in [2.24, 2.45) is 0 Å². The Morgan fingerprint density at radius 3 is 2.55 bits per heavy atom. The van der Waals surface area contributed by atoms with Crippen LogP contribution in [0.5, 0.6) is 0 Å². The highest BCUT2D eigenvalue weighted by Crippen LogP contribution is 2.37. The van der Waals surface area contributed by atoms with Gasteiger partial charge in [0, 0.05) is 6.20 Å². The second-order valence-corrected chi connectivity index (χ2v) is 6.76. The van der Waals surface area contributed by atoms with Crippen LogP contribution >= 0.6 is 7.60 Å². The van der Waals surface area contributed by atoms with Gasteiger partial charge in [0.1, 0.15) is 30.5 Å². The highest BCUT2D eigenvalue weighted by molar-refractivity contribution is 7.51. The number of aliphatic hydroxyl groups is 3. The Kier molecular flexibility index (Phi) is 5.45. The number of ether oxygens (including phenoxy) is 1. The summed E-state index contributed by atoms with van der Waals surface area (Å²) in [4.78, 5) is 25.4. The van der Waals surface area contributed by atoms with Crippen molar-refractivity contribution in [1.82, 2.24) is 9.97 Å². The molecule has 6 N–H and O–H groups in total. The molecule has 1 aliphatic rings. The van der Waals surface area contributed by atoms with Gasteiger partial charge in [0.2, 0.25) is 0 Å². The predicted molar refractivity (Wildman–Crippen MR) is 73.9 cm³/mol. The maximum atomic E-state index is 10.9. The van der Waals surface area contributed by atoms with E-state index in [1.54, 1.807) is 0 Å². The van der Waals surface area contributed by atoms with Gasteiger partial charge in [-0.2, -0.15) is 0 Å². The van der Waals surface area contributed by atoms with Crippen molar-refractivity contribution in [2.45, 2.75) is 37.1 Å². The molecular weight excluding hydrogens is 317 g/mol. The van der Waals surface area contributed by atoms with Crippen molar-refractivity contribution in [3.05, 3.63) is 18.6 Å². The van der Waals surface area contributed by atoms with Gasteiger partial charge in [-0.15, -0.1) is 0 Å². The molecule has 0 radical (unpaired) electrons. The van der Waals surface area contributed by atoms with Crippen molar-refractivity contribution in [2.75, 3.05) is 11.5 Å². The number of nitrogens with one attached hydrogen (secondary N) is 1. The minimum atomic E-state index is -4.26. The third-order valence-corrected chi connectivity index (χ3v) is 4.13. The molecule has 2 heterocycles. The molecule has 11 heteroatoms. The SMILES string of the molecule is O=P(O)(O)CC[C@H]1OC(Nc2ccncn2)[C@@H](O)[C@@H](O)[C@@H]1O. The topological polar surface area (TPSA) is 165 Å². The van der Waals surface area contributed by atoms with Gasteiger partial charge in [0.25, 0.3) is 0 Å². The molecule has 2 rings (SSSR count). The maximum absolute atomic E-state index is 10.9. The lowest BCUT2D eigenvalue weighted by Gasteiger charge is -2.41. The lowest BCUT2D eigenvalue weighted by Crippen LogP contribution is -2.59. The van der Waals surface area contributed by atoms with Gasteiger partial charge in [-0.25, -0.2) is 9.97 Å². The number of hydrogen-bond acceptors (Lipinski definition) is 8. The molecule has 124 valence electrons. The number of nitrogens with zero attached hydrogens (tertiary/aromatic N) is 2. The fourth-order valence-corrected chi connectivity index (χ4v) is 2.72. The molecule has 1 aromatic heterocycles. The second-order valence-electron chi connectivity index (χ2n) is 4.98. The van der Waals surface area contributed by atoms with Crippen molar-refractivity contribution in [3.63, 3.8) is 0 Å². The van der Waals surface area contributed by atoms with E-state index in [4.69, 9.17) is 14.5 Å². The molecule has 0 saturated carbocycles. The van der Waals surface area contributed by atoms with E-state index in [0.717, 1.165) is 0 Å². The van der Waals surface area contributed by atoms with Crippen LogP contribution < -0.4 is 5.32 Å². The molecule has 0 aromatic carbocycles. The summed E-state index contributed by atoms with van der Waals surface area (Å²) in [7, 11) is -4.26. The molecule has 1 aliphatic heterocycles. The molecule has 0 aliphatic carbocycles. The summed E-state index contributed by atoms with van der Waals surface area (Å²) < 4.78 is 16.3. The number of aliphatic hydroxyl groups excluding tert-OH is 3. The van der Waals surface area contributed by atoms with E-state index in [2.05, 4.69) is 15.3 Å². The van der Waals surface area contributed by atoms with Crippen LogP contribution in [0.3, 0.4) is 0 Å². The first-order valence-corrected chi connectivity index (χ1v) is 8.34. The molecular formula is C11H18N3O7P. The van der Waals surface area contributed by atoms with Crippen molar-refractivity contribution in [3.8, 4) is 0 Å². The first-order chi connectivity index (χ1) is 10.3. The molecule has 1 saturated heterocycles. The molecule has 1 fully saturated rings. The van der Waals surface area contributed by atoms with E-state index in [-0.39, 0.29) is 6.42 Å². The molecule has 22 heavy (non-hydrogen) atoms. The average molecular weight is 335 g/mol. The highest BCUT2D eigenvalue weighted by atomic mass is 31.2. The highest BCUT2D eigenvalue weighted by Gasteiger charge is 2.44. The van der Waals surface area contributed by atoms with Gasteiger partial charge >= 0.3 is 7.60 Å². The average Bonchev–Trinajstić information content (AvgIpc) is 2.47. The fourth-order valence-electron chi connectivity index (χ4n) is 2.13. The number of hydrogen-bond donors (Lipinski definition) is 6. The van der Waals surface area contributed by atoms with E-state index in [0.29, 0.717) is 5.82 Å². The smallest absolute Gasteiger partial charge is 0.325 e. The molecule has 1 aromatic rings. The zero-order valence-electron chi connectivity index (χ0n) is 11.4. The Hall–Kier alpha value is -1.13. The van der Waals surface area contributed by atoms with Gasteiger partial charge in [-0.05, 0) is 12.5 Å². The van der Waals surface area contributed by atoms with Crippen LogP contribution in [0, 0.1) is 0 Å². The summed E-state index contributed by atoms with van der Waals surface area (Å²) in [5, 5.41) is 32.3. The van der Waals surface area contributed by atoms with E-state index in [1.165, 1.54) is 18.6 Å². The van der Waals surface area contributed by atoms with E-state index < -0.39 is 44.4 Å². The zero-order chi connectivity index (χ0) is 16.3. The number of aromatic nitrogens is 2. The maximum Gasteiger partial charge on any atom is 0.325 e. The van der Waals surface area contributed by atoms with Gasteiger partial charge in [-0.1, -0.05) is 0 Å². The Bertz CT molecular complexity index is 528. The predicted octanol–water partition coefficient (Wildman–Crippen LogP) is -1.74. The third-order valence-electron chi connectivity index (χ3n) is 3.29. The number of rotatable bonds is 5. The Labute approximate surface area is 126 Å². The molecule has 1 unspecified atom stereocenters. The first-order valence-electron chi connectivity index (χ1n) is 6.55. The van der Waals surface area contributed by atoms with Crippen LogP contribution in [0.4, 0.5) is 5.82 Å². The lowest BCUT2D eigenvalue weighted by molar-refractivity contribution is -0.214. The van der Waals surface area contributed by atoms with Crippen LogP contribution in [0.15, 0.2) is 18.6 Å². The van der Waals surface area contributed by atoms with Crippen LogP contribution in [-0.2, 0) is 9.30 Å². The van der Waals surface area contributed by atoms with Crippen molar-refractivity contribution >= 4 is 13.4 Å². The minimum absolute atomic E-state index is 0.169. The van der Waals surface area contributed by atoms with Gasteiger partial charge in [0.05, 0.1) is 12.3 Å². The monoisotopic (exact) mass is 335 g/mol. The minimum Gasteiger partial charge on any atom is -0.388 e.